The highest BCUT2D eigenvalue weighted by Gasteiger charge is 2.41. The number of carbonyl (C=O) groups excluding carboxylic acids is 13. The van der Waals surface area contributed by atoms with Gasteiger partial charge in [-0.15, -0.1) is 0 Å². The summed E-state index contributed by atoms with van der Waals surface area (Å²) < 4.78 is 0. The van der Waals surface area contributed by atoms with Gasteiger partial charge in [-0.25, -0.2) is 4.79 Å². The minimum absolute atomic E-state index is 0.0408. The summed E-state index contributed by atoms with van der Waals surface area (Å²) in [4.78, 5) is 191. The van der Waals surface area contributed by atoms with Crippen LogP contribution in [-0.2, 0) is 67.1 Å². The highest BCUT2D eigenvalue weighted by Crippen LogP contribution is 2.21. The number of amides is 13. The molecule has 0 aromatic rings. The molecule has 0 radical (unpaired) electrons. The fraction of sp³-hybridized carbons (Fsp3) is 0.722. The normalized spacial score (nSPS) is 16.8. The van der Waals surface area contributed by atoms with Crippen molar-refractivity contribution < 1.29 is 72.2 Å². The van der Waals surface area contributed by atoms with Crippen LogP contribution in [0.15, 0.2) is 4.99 Å². The van der Waals surface area contributed by atoms with Gasteiger partial charge in [0.15, 0.2) is 5.96 Å². The van der Waals surface area contributed by atoms with Crippen LogP contribution in [0.5, 0.6) is 0 Å². The van der Waals surface area contributed by atoms with Crippen molar-refractivity contribution in [1.82, 2.24) is 47.4 Å². The number of aliphatic imine (C=N–C) groups is 1. The SMILES string of the molecule is CC[C@H](C)[C@H](NC(=O)[C@H](CCCN=C(N)N)NC(=O)[C@@H](N)CCC(N)=O)C(=O)N[C@@H](CC(C)C)C(=O)N[C@@H](CCC(N)=O)C(=O)N[C@@H](CCC(N)=O)C(=O)N[C@H](C(=O)N[C@@H](CC(N)=O)C(=O)N[C@@H](CC(C)C)C(=O)N1CCC[C@H]1C(=O)O)[C@@H](C)CC. The molecule has 0 saturated carbocycles. The van der Waals surface area contributed by atoms with E-state index < -0.39 is 187 Å². The van der Waals surface area contributed by atoms with E-state index in [4.69, 9.17) is 40.1 Å². The third-order valence-electron chi connectivity index (χ3n) is 14.3. The molecule has 0 spiro atoms. The van der Waals surface area contributed by atoms with Crippen LogP contribution in [0.25, 0.3) is 0 Å². The van der Waals surface area contributed by atoms with E-state index in [2.05, 4.69) is 47.5 Å². The van der Waals surface area contributed by atoms with E-state index in [0.717, 1.165) is 4.90 Å². The summed E-state index contributed by atoms with van der Waals surface area (Å²) in [5, 5.41) is 30.1. The number of carboxylic acids is 1. The number of guanidine groups is 1. The van der Waals surface area contributed by atoms with Gasteiger partial charge in [0.05, 0.1) is 12.5 Å². The first kappa shape index (κ1) is 75.8. The molecule has 1 saturated heterocycles. The molecule has 0 aromatic heterocycles. The lowest BCUT2D eigenvalue weighted by atomic mass is 9.96. The lowest BCUT2D eigenvalue weighted by Crippen LogP contribution is -2.62. The van der Waals surface area contributed by atoms with E-state index in [1.807, 2.05) is 0 Å². The fourth-order valence-electron chi connectivity index (χ4n) is 9.14. The van der Waals surface area contributed by atoms with Crippen molar-refractivity contribution in [3.8, 4) is 0 Å². The van der Waals surface area contributed by atoms with E-state index in [0.29, 0.717) is 12.8 Å². The van der Waals surface area contributed by atoms with Crippen LogP contribution >= 0.6 is 0 Å². The van der Waals surface area contributed by atoms with Gasteiger partial charge in [0.1, 0.15) is 54.4 Å². The zero-order chi connectivity index (χ0) is 65.7. The van der Waals surface area contributed by atoms with Crippen LogP contribution in [0.2, 0.25) is 0 Å². The molecule has 1 heterocycles. The maximum Gasteiger partial charge on any atom is 0.326 e. The largest absolute Gasteiger partial charge is 0.480 e. The van der Waals surface area contributed by atoms with Gasteiger partial charge in [0.2, 0.25) is 76.8 Å². The van der Waals surface area contributed by atoms with Crippen molar-refractivity contribution in [3.05, 3.63) is 0 Å². The molecular formula is C54H95N17O15. The molecule has 0 aromatic carbocycles. The third-order valence-corrected chi connectivity index (χ3v) is 14.3. The number of rotatable bonds is 41. The van der Waals surface area contributed by atoms with Crippen LogP contribution in [0.4, 0.5) is 0 Å². The van der Waals surface area contributed by atoms with Crippen molar-refractivity contribution in [3.63, 3.8) is 0 Å². The standard InChI is InChI=1S/C54H95N17O15/c1-9-28(7)42(69-46(78)31(13-11-21-62-54(60)61)63-44(76)30(55)15-18-38(56)72)50(82)66-34(23-26(3)4)48(80)65-32(16-19-39(57)73)45(77)64-33(17-20-40(58)74)47(79)70-43(29(8)10-2)51(83)67-35(25-41(59)75)49(81)68-36(24-27(5)6)52(84)71-22-12-14-37(71)53(85)86/h26-37,42-43H,9-25,55H2,1-8H3,(H2,56,72)(H2,57,73)(H2,58,74)(H2,59,75)(H,63,76)(H,64,77)(H,65,80)(H,66,82)(H,67,83)(H,68,81)(H,69,78)(H,70,79)(H,85,86)(H4,60,61,62)/t28-,29-,30-,31-,32-,33-,34-,35-,36-,37-,42-,43-/m0/s1. The topological polar surface area (TPSA) is 553 Å². The number of carbonyl (C=O) groups is 14. The zero-order valence-corrected chi connectivity index (χ0v) is 50.7. The average Bonchev–Trinajstić information content (AvgIpc) is 3.45. The van der Waals surface area contributed by atoms with Gasteiger partial charge in [0, 0.05) is 32.4 Å². The van der Waals surface area contributed by atoms with Gasteiger partial charge in [0.25, 0.3) is 0 Å². The van der Waals surface area contributed by atoms with E-state index in [9.17, 15) is 72.2 Å². The molecule has 0 aliphatic carbocycles. The Morgan fingerprint density at radius 1 is 0.488 bits per heavy atom. The maximum absolute atomic E-state index is 14.3. The summed E-state index contributed by atoms with van der Waals surface area (Å²) in [6.45, 7) is 13.7. The van der Waals surface area contributed by atoms with Crippen LogP contribution in [0.3, 0.4) is 0 Å². The molecule has 32 nitrogen and oxygen atoms in total. The molecule has 0 bridgehead atoms. The zero-order valence-electron chi connectivity index (χ0n) is 50.7. The summed E-state index contributed by atoms with van der Waals surface area (Å²) in [6.07, 6.45) is -1.82. The minimum Gasteiger partial charge on any atom is -0.480 e. The van der Waals surface area contributed by atoms with Gasteiger partial charge in [-0.3, -0.25) is 67.3 Å². The molecular weight excluding hydrogens is 1130 g/mol. The Kier molecular flexibility index (Phi) is 33.5. The summed E-state index contributed by atoms with van der Waals surface area (Å²) in [6, 6.07) is -14.3. The number of hydrogen-bond donors (Lipinski definition) is 16. The first-order valence-electron chi connectivity index (χ1n) is 29.0. The van der Waals surface area contributed by atoms with Crippen molar-refractivity contribution >= 4 is 88.7 Å². The second-order valence-electron chi connectivity index (χ2n) is 22.6. The molecule has 23 N–H and O–H groups in total. The van der Waals surface area contributed by atoms with Crippen molar-refractivity contribution in [2.75, 3.05) is 13.1 Å². The number of aliphatic carboxylic acids is 1. The van der Waals surface area contributed by atoms with Crippen LogP contribution < -0.4 is 82.7 Å². The Balaban J connectivity index is 3.62. The third kappa shape index (κ3) is 27.7. The summed E-state index contributed by atoms with van der Waals surface area (Å²) in [7, 11) is 0. The molecule has 0 unspecified atom stereocenters. The number of likely N-dealkylation sites (tertiary alicyclic amines) is 1. The number of nitrogens with one attached hydrogen (secondary N) is 8. The van der Waals surface area contributed by atoms with Gasteiger partial charge in [-0.2, -0.15) is 0 Å². The highest BCUT2D eigenvalue weighted by atomic mass is 16.4. The first-order chi connectivity index (χ1) is 40.1. The van der Waals surface area contributed by atoms with E-state index >= 15 is 0 Å². The second-order valence-corrected chi connectivity index (χ2v) is 22.6. The van der Waals surface area contributed by atoms with Crippen LogP contribution in [0, 0.1) is 23.7 Å². The molecule has 486 valence electrons. The summed E-state index contributed by atoms with van der Waals surface area (Å²) in [5.41, 5.74) is 38.5. The number of nitrogens with zero attached hydrogens (tertiary/aromatic N) is 2. The molecule has 13 amide bonds. The van der Waals surface area contributed by atoms with E-state index in [1.54, 1.807) is 55.4 Å². The van der Waals surface area contributed by atoms with Crippen molar-refractivity contribution in [2.24, 2.45) is 68.8 Å². The Hall–Kier alpha value is -8.19. The highest BCUT2D eigenvalue weighted by molar-refractivity contribution is 6.00. The smallest absolute Gasteiger partial charge is 0.326 e. The average molecular weight is 1220 g/mol. The summed E-state index contributed by atoms with van der Waals surface area (Å²) in [5.74, 6) is -15.2. The molecule has 86 heavy (non-hydrogen) atoms. The predicted octanol–water partition coefficient (Wildman–Crippen LogP) is -4.82. The Labute approximate surface area is 501 Å². The molecule has 12 atom stereocenters. The minimum atomic E-state index is -1.72. The van der Waals surface area contributed by atoms with E-state index in [-0.39, 0.29) is 82.3 Å². The monoisotopic (exact) mass is 1220 g/mol. The van der Waals surface area contributed by atoms with E-state index in [1.165, 1.54) is 0 Å². The number of nitrogens with two attached hydrogens (primary N) is 7. The van der Waals surface area contributed by atoms with Crippen LogP contribution in [0.1, 0.15) is 152 Å². The number of hydrogen-bond acceptors (Lipinski definition) is 16. The van der Waals surface area contributed by atoms with Gasteiger partial charge >= 0.3 is 5.97 Å². The fourth-order valence-corrected chi connectivity index (χ4v) is 9.14. The molecule has 1 fully saturated rings. The lowest BCUT2D eigenvalue weighted by molar-refractivity contribution is -0.149. The number of primary amides is 4. The summed E-state index contributed by atoms with van der Waals surface area (Å²) >= 11 is 0. The molecule has 1 rings (SSSR count). The van der Waals surface area contributed by atoms with Crippen molar-refractivity contribution in [2.45, 2.75) is 212 Å². The van der Waals surface area contributed by atoms with Gasteiger partial charge < -0.3 is 92.7 Å². The molecule has 1 aliphatic heterocycles. The van der Waals surface area contributed by atoms with Gasteiger partial charge in [-0.05, 0) is 81.5 Å². The quantitative estimate of drug-likeness (QED) is 0.0155. The molecule has 1 aliphatic rings. The Morgan fingerprint density at radius 3 is 1.30 bits per heavy atom. The number of carboxylic acid groups (broad SMARTS) is 1. The predicted molar refractivity (Wildman–Crippen MR) is 313 cm³/mol. The van der Waals surface area contributed by atoms with Gasteiger partial charge in [-0.1, -0.05) is 68.2 Å². The lowest BCUT2D eigenvalue weighted by Gasteiger charge is -2.31. The first-order valence-corrected chi connectivity index (χ1v) is 29.0. The second kappa shape index (κ2) is 38.0. The molecule has 32 heteroatoms. The Bertz CT molecular complexity index is 2420. The maximum atomic E-state index is 14.3. The Morgan fingerprint density at radius 2 is 0.872 bits per heavy atom. The van der Waals surface area contributed by atoms with Crippen molar-refractivity contribution in [1.29, 1.82) is 0 Å². The van der Waals surface area contributed by atoms with Crippen LogP contribution in [-0.4, -0.2) is 172 Å².